The van der Waals surface area contributed by atoms with Crippen LogP contribution < -0.4 is 10.6 Å². The first-order chi connectivity index (χ1) is 11.5. The van der Waals surface area contributed by atoms with Crippen LogP contribution in [0.5, 0.6) is 0 Å². The van der Waals surface area contributed by atoms with E-state index in [4.69, 9.17) is 0 Å². The minimum absolute atomic E-state index is 0.0901. The van der Waals surface area contributed by atoms with Crippen molar-refractivity contribution in [2.24, 2.45) is 0 Å². The maximum absolute atomic E-state index is 12.2. The van der Waals surface area contributed by atoms with Crippen molar-refractivity contribution in [2.75, 3.05) is 11.9 Å². The maximum atomic E-state index is 12.2. The van der Waals surface area contributed by atoms with E-state index in [-0.39, 0.29) is 18.5 Å². The van der Waals surface area contributed by atoms with Gasteiger partial charge in [-0.05, 0) is 44.0 Å². The molecule has 0 saturated carbocycles. The van der Waals surface area contributed by atoms with E-state index in [1.165, 1.54) is 16.7 Å². The second kappa shape index (κ2) is 7.07. The molecule has 1 amide bonds. The van der Waals surface area contributed by atoms with Crippen molar-refractivity contribution in [1.82, 2.24) is 14.1 Å². The van der Waals surface area contributed by atoms with Crippen LogP contribution in [-0.2, 0) is 4.79 Å². The average Bonchev–Trinajstić information content (AvgIpc) is 3.04. The average molecular weight is 340 g/mol. The monoisotopic (exact) mass is 340 g/mol. The van der Waals surface area contributed by atoms with E-state index in [1.54, 1.807) is 0 Å². The first-order valence-corrected chi connectivity index (χ1v) is 8.59. The standard InChI is InChI=1S/C18H20N4OS/c1-11-7-8-12(2)14(9-11)13(3)19-10-17(23)20-15-5-4-6-16-18(15)22-24-21-16/h4-9,13,19H,10H2,1-3H3,(H,20,23). The molecule has 1 aromatic heterocycles. The number of carbonyl (C=O) groups is 1. The van der Waals surface area contributed by atoms with Crippen LogP contribution in [0.2, 0.25) is 0 Å². The Morgan fingerprint density at radius 2 is 2.04 bits per heavy atom. The van der Waals surface area contributed by atoms with Gasteiger partial charge in [0.15, 0.2) is 0 Å². The predicted molar refractivity (Wildman–Crippen MR) is 98.4 cm³/mol. The fourth-order valence-electron chi connectivity index (χ4n) is 2.68. The molecule has 124 valence electrons. The van der Waals surface area contributed by atoms with Crippen molar-refractivity contribution < 1.29 is 4.79 Å². The molecule has 1 heterocycles. The number of amides is 1. The summed E-state index contributed by atoms with van der Waals surface area (Å²) >= 11 is 1.15. The van der Waals surface area contributed by atoms with Gasteiger partial charge in [-0.3, -0.25) is 4.79 Å². The Kier molecular flexibility index (Phi) is 4.87. The van der Waals surface area contributed by atoms with Crippen molar-refractivity contribution in [1.29, 1.82) is 0 Å². The molecule has 3 aromatic rings. The van der Waals surface area contributed by atoms with E-state index in [0.717, 1.165) is 22.8 Å². The summed E-state index contributed by atoms with van der Waals surface area (Å²) < 4.78 is 8.41. The molecule has 5 nitrogen and oxygen atoms in total. The lowest BCUT2D eigenvalue weighted by Gasteiger charge is -2.17. The number of nitrogens with zero attached hydrogens (tertiary/aromatic N) is 2. The van der Waals surface area contributed by atoms with E-state index in [0.29, 0.717) is 5.69 Å². The van der Waals surface area contributed by atoms with Crippen LogP contribution in [0, 0.1) is 13.8 Å². The van der Waals surface area contributed by atoms with Gasteiger partial charge in [-0.2, -0.15) is 8.75 Å². The zero-order valence-corrected chi connectivity index (χ0v) is 14.8. The molecule has 0 aliphatic rings. The maximum Gasteiger partial charge on any atom is 0.238 e. The van der Waals surface area contributed by atoms with E-state index < -0.39 is 0 Å². The van der Waals surface area contributed by atoms with E-state index in [9.17, 15) is 4.79 Å². The van der Waals surface area contributed by atoms with Gasteiger partial charge in [0.1, 0.15) is 11.0 Å². The molecule has 0 fully saturated rings. The van der Waals surface area contributed by atoms with Crippen LogP contribution in [0.25, 0.3) is 11.0 Å². The summed E-state index contributed by atoms with van der Waals surface area (Å²) in [4.78, 5) is 12.2. The molecule has 6 heteroatoms. The second-order valence-electron chi connectivity index (χ2n) is 5.95. The molecule has 3 rings (SSSR count). The molecule has 0 bridgehead atoms. The van der Waals surface area contributed by atoms with Crippen molar-refractivity contribution in [3.63, 3.8) is 0 Å². The predicted octanol–water partition coefficient (Wildman–Crippen LogP) is 3.60. The Labute approximate surface area is 145 Å². The minimum atomic E-state index is -0.0901. The van der Waals surface area contributed by atoms with Gasteiger partial charge in [-0.25, -0.2) is 0 Å². The quantitative estimate of drug-likeness (QED) is 0.745. The summed E-state index contributed by atoms with van der Waals surface area (Å²) in [7, 11) is 0. The largest absolute Gasteiger partial charge is 0.323 e. The van der Waals surface area contributed by atoms with E-state index >= 15 is 0 Å². The summed E-state index contributed by atoms with van der Waals surface area (Å²) in [5, 5.41) is 6.19. The van der Waals surface area contributed by atoms with E-state index in [1.807, 2.05) is 18.2 Å². The number of carbonyl (C=O) groups excluding carboxylic acids is 1. The number of nitrogens with one attached hydrogen (secondary N) is 2. The Morgan fingerprint density at radius 1 is 1.21 bits per heavy atom. The van der Waals surface area contributed by atoms with Crippen molar-refractivity contribution >= 4 is 34.4 Å². The highest BCUT2D eigenvalue weighted by atomic mass is 32.1. The highest BCUT2D eigenvalue weighted by Gasteiger charge is 2.12. The minimum Gasteiger partial charge on any atom is -0.323 e. The van der Waals surface area contributed by atoms with Crippen molar-refractivity contribution in [3.8, 4) is 0 Å². The molecular weight excluding hydrogens is 320 g/mol. The fourth-order valence-corrected chi connectivity index (χ4v) is 3.23. The smallest absolute Gasteiger partial charge is 0.238 e. The lowest BCUT2D eigenvalue weighted by Crippen LogP contribution is -2.30. The topological polar surface area (TPSA) is 66.9 Å². The molecule has 0 aliphatic carbocycles. The Morgan fingerprint density at radius 3 is 2.88 bits per heavy atom. The summed E-state index contributed by atoms with van der Waals surface area (Å²) in [6.07, 6.45) is 0. The molecule has 1 unspecified atom stereocenters. The first-order valence-electron chi connectivity index (χ1n) is 7.86. The van der Waals surface area contributed by atoms with Crippen LogP contribution in [0.3, 0.4) is 0 Å². The molecular formula is C18H20N4OS. The Bertz CT molecular complexity index is 874. The number of benzene rings is 2. The lowest BCUT2D eigenvalue weighted by molar-refractivity contribution is -0.115. The lowest BCUT2D eigenvalue weighted by atomic mass is 10.00. The van der Waals surface area contributed by atoms with Gasteiger partial charge in [-0.15, -0.1) is 0 Å². The normalized spacial score (nSPS) is 12.3. The highest BCUT2D eigenvalue weighted by Crippen LogP contribution is 2.21. The Hall–Kier alpha value is -2.31. The molecule has 1 atom stereocenters. The van der Waals surface area contributed by atoms with Crippen molar-refractivity contribution in [2.45, 2.75) is 26.8 Å². The van der Waals surface area contributed by atoms with Gasteiger partial charge in [0.05, 0.1) is 24.0 Å². The third-order valence-corrected chi connectivity index (χ3v) is 4.57. The molecule has 2 aromatic carbocycles. The highest BCUT2D eigenvalue weighted by molar-refractivity contribution is 7.00. The third kappa shape index (κ3) is 3.60. The first kappa shape index (κ1) is 16.5. The number of anilines is 1. The Balaban J connectivity index is 1.63. The van der Waals surface area contributed by atoms with Gasteiger partial charge in [0, 0.05) is 6.04 Å². The third-order valence-electron chi connectivity index (χ3n) is 4.03. The van der Waals surface area contributed by atoms with Gasteiger partial charge in [0.2, 0.25) is 5.91 Å². The molecule has 0 aliphatic heterocycles. The van der Waals surface area contributed by atoms with Crippen LogP contribution in [0.15, 0.2) is 36.4 Å². The number of hydrogen-bond acceptors (Lipinski definition) is 5. The molecule has 2 N–H and O–H groups in total. The number of fused-ring (bicyclic) bond motifs is 1. The zero-order valence-electron chi connectivity index (χ0n) is 14.0. The zero-order chi connectivity index (χ0) is 17.1. The van der Waals surface area contributed by atoms with Crippen LogP contribution in [0.4, 0.5) is 5.69 Å². The summed E-state index contributed by atoms with van der Waals surface area (Å²) in [5.41, 5.74) is 5.89. The van der Waals surface area contributed by atoms with Crippen LogP contribution in [0.1, 0.15) is 29.7 Å². The number of rotatable bonds is 5. The summed E-state index contributed by atoms with van der Waals surface area (Å²) in [6.45, 7) is 6.47. The number of hydrogen-bond donors (Lipinski definition) is 2. The summed E-state index contributed by atoms with van der Waals surface area (Å²) in [5.74, 6) is -0.0901. The molecule has 0 spiro atoms. The van der Waals surface area contributed by atoms with Crippen molar-refractivity contribution in [3.05, 3.63) is 53.1 Å². The van der Waals surface area contributed by atoms with E-state index in [2.05, 4.69) is 58.4 Å². The SMILES string of the molecule is Cc1ccc(C)c(C(C)NCC(=O)Nc2cccc3nsnc23)c1. The molecule has 24 heavy (non-hydrogen) atoms. The summed E-state index contributed by atoms with van der Waals surface area (Å²) in [6, 6.07) is 12.1. The molecule has 0 radical (unpaired) electrons. The number of aryl methyl sites for hydroxylation is 2. The van der Waals surface area contributed by atoms with Gasteiger partial charge in [0.25, 0.3) is 0 Å². The van der Waals surface area contributed by atoms with Gasteiger partial charge >= 0.3 is 0 Å². The van der Waals surface area contributed by atoms with Gasteiger partial charge < -0.3 is 10.6 Å². The second-order valence-corrected chi connectivity index (χ2v) is 6.48. The molecule has 0 saturated heterocycles. The fraction of sp³-hybridized carbons (Fsp3) is 0.278. The number of aromatic nitrogens is 2. The van der Waals surface area contributed by atoms with Crippen LogP contribution in [-0.4, -0.2) is 21.2 Å². The van der Waals surface area contributed by atoms with Gasteiger partial charge in [-0.1, -0.05) is 29.8 Å². The van der Waals surface area contributed by atoms with Crippen LogP contribution >= 0.6 is 11.7 Å².